The first-order valence-electron chi connectivity index (χ1n) is 9.87. The summed E-state index contributed by atoms with van der Waals surface area (Å²) in [5.74, 6) is -0.354. The number of benzene rings is 1. The summed E-state index contributed by atoms with van der Waals surface area (Å²) in [6.07, 6.45) is 1.54. The Bertz CT molecular complexity index is 868. The predicted octanol–water partition coefficient (Wildman–Crippen LogP) is -0.596. The summed E-state index contributed by atoms with van der Waals surface area (Å²) in [6, 6.07) is 4.25. The second kappa shape index (κ2) is 9.30. The van der Waals surface area contributed by atoms with Crippen LogP contribution in [-0.2, 0) is 14.8 Å². The van der Waals surface area contributed by atoms with Crippen molar-refractivity contribution in [2.24, 2.45) is 0 Å². The van der Waals surface area contributed by atoms with Crippen molar-refractivity contribution in [1.29, 1.82) is 0 Å². The van der Waals surface area contributed by atoms with Gasteiger partial charge in [-0.2, -0.15) is 4.31 Å². The summed E-state index contributed by atoms with van der Waals surface area (Å²) in [6.45, 7) is 9.75. The van der Waals surface area contributed by atoms with Crippen LogP contribution in [0.3, 0.4) is 0 Å². The number of nitrogens with zero attached hydrogens (tertiary/aromatic N) is 1. The lowest BCUT2D eigenvalue weighted by Gasteiger charge is -2.46. The van der Waals surface area contributed by atoms with Gasteiger partial charge in [0.15, 0.2) is 0 Å². The molecular formula is C20H30Cl2N3O4S-. The molecule has 1 aromatic rings. The number of ether oxygens (including phenoxy) is 1. The number of nitrogens with one attached hydrogen (secondary N) is 2. The third kappa shape index (κ3) is 5.87. The van der Waals surface area contributed by atoms with E-state index in [2.05, 4.69) is 38.3 Å². The number of halogens is 2. The van der Waals surface area contributed by atoms with Gasteiger partial charge in [0, 0.05) is 30.2 Å². The van der Waals surface area contributed by atoms with E-state index < -0.39 is 10.0 Å². The minimum atomic E-state index is -3.70. The Kier molecular flexibility index (Phi) is 7.86. The molecule has 0 aliphatic carbocycles. The van der Waals surface area contributed by atoms with Gasteiger partial charge < -0.3 is 27.8 Å². The molecule has 170 valence electrons. The van der Waals surface area contributed by atoms with Crippen LogP contribution in [0.15, 0.2) is 23.1 Å². The first kappa shape index (κ1) is 25.4. The topological polar surface area (TPSA) is 87.7 Å². The minimum Gasteiger partial charge on any atom is -1.00 e. The fourth-order valence-electron chi connectivity index (χ4n) is 4.46. The maximum absolute atomic E-state index is 13.0. The number of rotatable bonds is 4. The molecule has 3 rings (SSSR count). The normalized spacial score (nSPS) is 22.2. The zero-order chi connectivity index (χ0) is 21.4. The van der Waals surface area contributed by atoms with Crippen molar-refractivity contribution in [2.45, 2.75) is 62.6 Å². The van der Waals surface area contributed by atoms with Crippen LogP contribution in [0, 0.1) is 0 Å². The lowest BCUT2D eigenvalue weighted by atomic mass is 9.79. The van der Waals surface area contributed by atoms with Crippen molar-refractivity contribution in [3.8, 4) is 0 Å². The highest BCUT2D eigenvalue weighted by molar-refractivity contribution is 7.89. The highest BCUT2D eigenvalue weighted by Gasteiger charge is 2.38. The molecule has 0 bridgehead atoms. The summed E-state index contributed by atoms with van der Waals surface area (Å²) < 4.78 is 32.4. The van der Waals surface area contributed by atoms with Gasteiger partial charge in [-0.25, -0.2) is 8.42 Å². The fourth-order valence-corrected chi connectivity index (χ4v) is 6.10. The Labute approximate surface area is 190 Å². The van der Waals surface area contributed by atoms with Crippen molar-refractivity contribution in [3.63, 3.8) is 0 Å². The Balaban J connectivity index is 0.00000320. The van der Waals surface area contributed by atoms with E-state index in [4.69, 9.17) is 16.3 Å². The summed E-state index contributed by atoms with van der Waals surface area (Å²) in [7, 11) is -3.70. The number of carbonyl (C=O) groups is 1. The predicted molar refractivity (Wildman–Crippen MR) is 113 cm³/mol. The lowest BCUT2D eigenvalue weighted by molar-refractivity contribution is -0.0000228. The van der Waals surface area contributed by atoms with E-state index in [1.807, 2.05) is 0 Å². The highest BCUT2D eigenvalue weighted by atomic mass is 35.5. The Morgan fingerprint density at radius 3 is 2.30 bits per heavy atom. The van der Waals surface area contributed by atoms with E-state index in [0.717, 1.165) is 12.8 Å². The van der Waals surface area contributed by atoms with Gasteiger partial charge in [0.25, 0.3) is 5.91 Å². The molecule has 30 heavy (non-hydrogen) atoms. The van der Waals surface area contributed by atoms with E-state index in [1.165, 1.54) is 22.5 Å². The van der Waals surface area contributed by atoms with Crippen LogP contribution in [0.2, 0.25) is 5.02 Å². The molecule has 1 aromatic carbocycles. The molecule has 0 radical (unpaired) electrons. The van der Waals surface area contributed by atoms with Gasteiger partial charge in [-0.15, -0.1) is 0 Å². The zero-order valence-electron chi connectivity index (χ0n) is 17.8. The van der Waals surface area contributed by atoms with Gasteiger partial charge in [0.1, 0.15) is 0 Å². The maximum atomic E-state index is 13.0. The van der Waals surface area contributed by atoms with Crippen molar-refractivity contribution in [3.05, 3.63) is 28.8 Å². The average Bonchev–Trinajstić information content (AvgIpc) is 2.59. The SMILES string of the molecule is CC1(C)CC(NC(=O)c2cc(S(=O)(=O)N3CCOCC3)ccc2Cl)CC(C)(C)N1.[Cl-]. The summed E-state index contributed by atoms with van der Waals surface area (Å²) in [4.78, 5) is 13.0. The van der Waals surface area contributed by atoms with Crippen LogP contribution in [0.4, 0.5) is 0 Å². The van der Waals surface area contributed by atoms with Gasteiger partial charge in [-0.05, 0) is 58.7 Å². The highest BCUT2D eigenvalue weighted by Crippen LogP contribution is 2.29. The number of carbonyl (C=O) groups excluding carboxylic acids is 1. The minimum absolute atomic E-state index is 0. The number of hydrogen-bond donors (Lipinski definition) is 2. The molecule has 2 fully saturated rings. The molecule has 0 aromatic heterocycles. The third-order valence-electron chi connectivity index (χ3n) is 5.32. The smallest absolute Gasteiger partial charge is 0.253 e. The van der Waals surface area contributed by atoms with E-state index in [1.54, 1.807) is 0 Å². The number of hydrogen-bond acceptors (Lipinski definition) is 5. The van der Waals surface area contributed by atoms with Gasteiger partial charge in [-0.3, -0.25) is 4.79 Å². The molecule has 0 spiro atoms. The van der Waals surface area contributed by atoms with E-state index in [0.29, 0.717) is 26.3 Å². The molecule has 1 amide bonds. The number of amides is 1. The van der Waals surface area contributed by atoms with E-state index in [-0.39, 0.29) is 50.9 Å². The monoisotopic (exact) mass is 478 g/mol. The Hall–Kier alpha value is -0.900. The molecule has 0 saturated carbocycles. The van der Waals surface area contributed by atoms with Crippen molar-refractivity contribution >= 4 is 27.5 Å². The largest absolute Gasteiger partial charge is 1.00 e. The summed E-state index contributed by atoms with van der Waals surface area (Å²) >= 11 is 6.26. The van der Waals surface area contributed by atoms with Gasteiger partial charge in [-0.1, -0.05) is 11.6 Å². The Morgan fingerprint density at radius 1 is 1.17 bits per heavy atom. The standard InChI is InChI=1S/C20H30ClN3O4S.ClH/c1-19(2)12-14(13-20(3,4)23-19)22-18(25)16-11-15(5-6-17(16)21)29(26,27)24-7-9-28-10-8-24;/h5-6,11,14,23H,7-10,12-13H2,1-4H3,(H,22,25);1H/p-1. The molecular weight excluding hydrogens is 449 g/mol. The first-order valence-corrected chi connectivity index (χ1v) is 11.7. The number of morpholine rings is 1. The molecule has 2 saturated heterocycles. The van der Waals surface area contributed by atoms with Crippen LogP contribution in [0.25, 0.3) is 0 Å². The maximum Gasteiger partial charge on any atom is 0.253 e. The second-order valence-corrected chi connectivity index (χ2v) is 11.5. The molecule has 7 nitrogen and oxygen atoms in total. The van der Waals surface area contributed by atoms with Crippen LogP contribution >= 0.6 is 11.6 Å². The average molecular weight is 479 g/mol. The number of piperidine rings is 1. The molecule has 2 aliphatic heterocycles. The molecule has 0 unspecified atom stereocenters. The lowest BCUT2D eigenvalue weighted by Crippen LogP contribution is -3.00. The zero-order valence-corrected chi connectivity index (χ0v) is 20.1. The molecule has 10 heteroatoms. The van der Waals surface area contributed by atoms with Crippen molar-refractivity contribution in [2.75, 3.05) is 26.3 Å². The van der Waals surface area contributed by atoms with Crippen molar-refractivity contribution < 1.29 is 30.4 Å². The summed E-state index contributed by atoms with van der Waals surface area (Å²) in [5.41, 5.74) is -0.0640. The number of sulfonamides is 1. The van der Waals surface area contributed by atoms with Crippen LogP contribution < -0.4 is 23.0 Å². The van der Waals surface area contributed by atoms with Crippen LogP contribution in [0.1, 0.15) is 50.9 Å². The quantitative estimate of drug-likeness (QED) is 0.603. The second-order valence-electron chi connectivity index (χ2n) is 9.13. The first-order chi connectivity index (χ1) is 13.4. The van der Waals surface area contributed by atoms with Crippen LogP contribution in [-0.4, -0.2) is 62.1 Å². The van der Waals surface area contributed by atoms with Crippen molar-refractivity contribution in [1.82, 2.24) is 14.9 Å². The Morgan fingerprint density at radius 2 is 1.73 bits per heavy atom. The molecule has 2 heterocycles. The van der Waals surface area contributed by atoms with E-state index in [9.17, 15) is 13.2 Å². The summed E-state index contributed by atoms with van der Waals surface area (Å²) in [5, 5.41) is 6.87. The van der Waals surface area contributed by atoms with Gasteiger partial charge in [0.2, 0.25) is 10.0 Å². The fraction of sp³-hybridized carbons (Fsp3) is 0.650. The molecule has 0 atom stereocenters. The molecule has 2 aliphatic rings. The third-order valence-corrected chi connectivity index (χ3v) is 7.54. The van der Waals surface area contributed by atoms with Crippen LogP contribution in [0.5, 0.6) is 0 Å². The van der Waals surface area contributed by atoms with E-state index >= 15 is 0 Å². The van der Waals surface area contributed by atoms with Gasteiger partial charge in [0.05, 0.1) is 28.7 Å². The molecule has 2 N–H and O–H groups in total. The van der Waals surface area contributed by atoms with Gasteiger partial charge >= 0.3 is 0 Å².